The fourth-order valence-corrected chi connectivity index (χ4v) is 3.07. The van der Waals surface area contributed by atoms with Crippen molar-refractivity contribution in [1.82, 2.24) is 14.8 Å². The van der Waals surface area contributed by atoms with Gasteiger partial charge in [0.05, 0.1) is 0 Å². The van der Waals surface area contributed by atoms with E-state index in [1.54, 1.807) is 0 Å². The fourth-order valence-electron chi connectivity index (χ4n) is 2.09. The van der Waals surface area contributed by atoms with Gasteiger partial charge in [-0.3, -0.25) is 0 Å². The second kappa shape index (κ2) is 7.09. The minimum atomic E-state index is 0.996. The van der Waals surface area contributed by atoms with E-state index >= 15 is 0 Å². The van der Waals surface area contributed by atoms with E-state index < -0.39 is 0 Å². The van der Waals surface area contributed by atoms with E-state index in [1.165, 1.54) is 36.7 Å². The molecule has 0 saturated carbocycles. The molecule has 3 nitrogen and oxygen atoms in total. The van der Waals surface area contributed by atoms with Gasteiger partial charge in [-0.15, -0.1) is 0 Å². The van der Waals surface area contributed by atoms with E-state index in [-0.39, 0.29) is 0 Å². The molecule has 0 aliphatic carbocycles. The summed E-state index contributed by atoms with van der Waals surface area (Å²) < 4.78 is 2.22. The van der Waals surface area contributed by atoms with Crippen LogP contribution in [0.1, 0.15) is 12.5 Å². The maximum atomic E-state index is 3.52. The molecular weight excluding hydrogens is 230 g/mol. The van der Waals surface area contributed by atoms with Crippen molar-refractivity contribution in [3.8, 4) is 0 Å². The first-order valence-corrected chi connectivity index (χ1v) is 7.69. The Kier molecular flexibility index (Phi) is 5.42. The normalized spacial score (nSPS) is 17.5. The van der Waals surface area contributed by atoms with Crippen LogP contribution in [0.2, 0.25) is 0 Å². The number of nitrogens with one attached hydrogen (secondary N) is 1. The van der Waals surface area contributed by atoms with Crippen molar-refractivity contribution in [2.45, 2.75) is 20.0 Å². The van der Waals surface area contributed by atoms with Gasteiger partial charge in [0.15, 0.2) is 0 Å². The number of nitrogens with zero attached hydrogens (tertiary/aromatic N) is 2. The van der Waals surface area contributed by atoms with E-state index in [4.69, 9.17) is 0 Å². The fraction of sp³-hybridized carbons (Fsp3) is 0.692. The van der Waals surface area contributed by atoms with Crippen LogP contribution in [-0.2, 0) is 13.1 Å². The SMILES string of the molecule is CCn1ccc(CNCCN2CCSCC2)c1. The number of aryl methyl sites for hydroxylation is 1. The van der Waals surface area contributed by atoms with Crippen molar-refractivity contribution < 1.29 is 0 Å². The van der Waals surface area contributed by atoms with Crippen LogP contribution < -0.4 is 5.32 Å². The molecule has 1 aromatic rings. The lowest BCUT2D eigenvalue weighted by atomic mass is 10.3. The molecule has 2 rings (SSSR count). The number of aromatic nitrogens is 1. The highest BCUT2D eigenvalue weighted by Gasteiger charge is 2.08. The standard InChI is InChI=1S/C13H23N3S/c1-2-15-5-3-13(12-15)11-14-4-6-16-7-9-17-10-8-16/h3,5,12,14H,2,4,6-11H2,1H3. The topological polar surface area (TPSA) is 20.2 Å². The van der Waals surface area contributed by atoms with Gasteiger partial charge in [0.25, 0.3) is 0 Å². The first-order chi connectivity index (χ1) is 8.38. The summed E-state index contributed by atoms with van der Waals surface area (Å²) in [4.78, 5) is 2.56. The minimum absolute atomic E-state index is 0.996. The highest BCUT2D eigenvalue weighted by atomic mass is 32.2. The van der Waals surface area contributed by atoms with Crippen molar-refractivity contribution in [3.05, 3.63) is 24.0 Å². The highest BCUT2D eigenvalue weighted by Crippen LogP contribution is 2.08. The van der Waals surface area contributed by atoms with Crippen LogP contribution in [0.3, 0.4) is 0 Å². The Bertz CT molecular complexity index is 318. The molecule has 0 spiro atoms. The Morgan fingerprint density at radius 1 is 1.35 bits per heavy atom. The Morgan fingerprint density at radius 2 is 2.18 bits per heavy atom. The second-order valence-electron chi connectivity index (χ2n) is 4.48. The van der Waals surface area contributed by atoms with E-state index in [2.05, 4.69) is 51.9 Å². The summed E-state index contributed by atoms with van der Waals surface area (Å²) >= 11 is 2.08. The van der Waals surface area contributed by atoms with Gasteiger partial charge in [-0.2, -0.15) is 11.8 Å². The van der Waals surface area contributed by atoms with Crippen LogP contribution in [0.5, 0.6) is 0 Å². The van der Waals surface area contributed by atoms with E-state index in [0.717, 1.165) is 19.6 Å². The maximum absolute atomic E-state index is 3.52. The third-order valence-electron chi connectivity index (χ3n) is 3.21. The summed E-state index contributed by atoms with van der Waals surface area (Å²) in [5, 5.41) is 3.52. The monoisotopic (exact) mass is 253 g/mol. The van der Waals surface area contributed by atoms with E-state index in [1.807, 2.05) is 0 Å². The number of thioether (sulfide) groups is 1. The molecule has 4 heteroatoms. The largest absolute Gasteiger partial charge is 0.354 e. The third-order valence-corrected chi connectivity index (χ3v) is 4.16. The Balaban J connectivity index is 1.59. The average molecular weight is 253 g/mol. The first-order valence-electron chi connectivity index (χ1n) is 6.54. The summed E-state index contributed by atoms with van der Waals surface area (Å²) in [6.07, 6.45) is 4.38. The Labute approximate surface area is 109 Å². The van der Waals surface area contributed by atoms with Gasteiger partial charge in [-0.1, -0.05) is 0 Å². The maximum Gasteiger partial charge on any atom is 0.0221 e. The second-order valence-corrected chi connectivity index (χ2v) is 5.71. The lowest BCUT2D eigenvalue weighted by molar-refractivity contribution is 0.301. The molecule has 1 saturated heterocycles. The Hall–Kier alpha value is -0.450. The summed E-state index contributed by atoms with van der Waals surface area (Å²) in [7, 11) is 0. The summed E-state index contributed by atoms with van der Waals surface area (Å²) in [5.41, 5.74) is 1.39. The van der Waals surface area contributed by atoms with Crippen LogP contribution in [0.4, 0.5) is 0 Å². The van der Waals surface area contributed by atoms with Crippen LogP contribution in [0.15, 0.2) is 18.5 Å². The number of hydrogen-bond donors (Lipinski definition) is 1. The zero-order valence-electron chi connectivity index (χ0n) is 10.7. The quantitative estimate of drug-likeness (QED) is 0.779. The zero-order chi connectivity index (χ0) is 11.9. The van der Waals surface area contributed by atoms with Crippen LogP contribution in [0.25, 0.3) is 0 Å². The van der Waals surface area contributed by atoms with Crippen molar-refractivity contribution >= 4 is 11.8 Å². The highest BCUT2D eigenvalue weighted by molar-refractivity contribution is 7.99. The van der Waals surface area contributed by atoms with Crippen LogP contribution >= 0.6 is 11.8 Å². The molecule has 0 amide bonds. The summed E-state index contributed by atoms with van der Waals surface area (Å²) in [6, 6.07) is 2.20. The molecule has 1 aliphatic rings. The molecule has 1 fully saturated rings. The average Bonchev–Trinajstić information content (AvgIpc) is 2.84. The lowest BCUT2D eigenvalue weighted by Gasteiger charge is -2.26. The van der Waals surface area contributed by atoms with Crippen molar-refractivity contribution in [2.24, 2.45) is 0 Å². The molecule has 96 valence electrons. The van der Waals surface area contributed by atoms with E-state index in [0.29, 0.717) is 0 Å². The molecule has 0 aromatic carbocycles. The molecule has 1 N–H and O–H groups in total. The van der Waals surface area contributed by atoms with Gasteiger partial charge >= 0.3 is 0 Å². The van der Waals surface area contributed by atoms with E-state index in [9.17, 15) is 0 Å². The smallest absolute Gasteiger partial charge is 0.0221 e. The summed E-state index contributed by atoms with van der Waals surface area (Å²) in [5.74, 6) is 2.61. The Morgan fingerprint density at radius 3 is 2.88 bits per heavy atom. The van der Waals surface area contributed by atoms with Gasteiger partial charge in [0.2, 0.25) is 0 Å². The number of rotatable bonds is 6. The zero-order valence-corrected chi connectivity index (χ0v) is 11.5. The molecule has 0 atom stereocenters. The van der Waals surface area contributed by atoms with Crippen molar-refractivity contribution in [2.75, 3.05) is 37.7 Å². The number of hydrogen-bond acceptors (Lipinski definition) is 3. The van der Waals surface area contributed by atoms with Gasteiger partial charge in [-0.25, -0.2) is 0 Å². The molecule has 0 radical (unpaired) electrons. The molecule has 17 heavy (non-hydrogen) atoms. The van der Waals surface area contributed by atoms with Gasteiger partial charge in [0, 0.05) is 63.2 Å². The van der Waals surface area contributed by atoms with Gasteiger partial charge < -0.3 is 14.8 Å². The minimum Gasteiger partial charge on any atom is -0.354 e. The predicted molar refractivity (Wildman–Crippen MR) is 75.6 cm³/mol. The molecule has 0 unspecified atom stereocenters. The molecule has 0 bridgehead atoms. The van der Waals surface area contributed by atoms with Crippen LogP contribution in [-0.4, -0.2) is 47.2 Å². The third kappa shape index (κ3) is 4.37. The first kappa shape index (κ1) is 13.0. The molecule has 1 aliphatic heterocycles. The van der Waals surface area contributed by atoms with Gasteiger partial charge in [-0.05, 0) is 18.6 Å². The lowest BCUT2D eigenvalue weighted by Crippen LogP contribution is -2.37. The molecular formula is C13H23N3S. The molecule has 1 aromatic heterocycles. The van der Waals surface area contributed by atoms with Gasteiger partial charge in [0.1, 0.15) is 0 Å². The van der Waals surface area contributed by atoms with Crippen molar-refractivity contribution in [1.29, 1.82) is 0 Å². The van der Waals surface area contributed by atoms with Crippen molar-refractivity contribution in [3.63, 3.8) is 0 Å². The predicted octanol–water partition coefficient (Wildman–Crippen LogP) is 1.65. The summed E-state index contributed by atoms with van der Waals surface area (Å²) in [6.45, 7) is 9.04. The molecule has 2 heterocycles. The van der Waals surface area contributed by atoms with Crippen LogP contribution in [0, 0.1) is 0 Å².